The number of carbonyl (C=O) groups excluding carboxylic acids is 2. The van der Waals surface area contributed by atoms with Crippen molar-refractivity contribution in [2.24, 2.45) is 5.92 Å². The molecule has 3 rings (SSSR count). The molecule has 28 heavy (non-hydrogen) atoms. The summed E-state index contributed by atoms with van der Waals surface area (Å²) >= 11 is 0. The molecular weight excluding hydrogens is 358 g/mol. The molecule has 1 aliphatic rings. The van der Waals surface area contributed by atoms with Crippen LogP contribution in [0.3, 0.4) is 0 Å². The normalized spacial score (nSPS) is 16.1. The van der Waals surface area contributed by atoms with Crippen LogP contribution in [0.4, 0.5) is 0 Å². The van der Waals surface area contributed by atoms with E-state index in [0.29, 0.717) is 43.1 Å². The SMILES string of the molecule is COc1ccc(CCN2CC(CNC(=O)c3ccncc3)CC2=O)cc1OC. The average molecular weight is 383 g/mol. The molecule has 2 aromatic rings. The molecule has 7 nitrogen and oxygen atoms in total. The van der Waals surface area contributed by atoms with Crippen molar-refractivity contribution in [3.63, 3.8) is 0 Å². The van der Waals surface area contributed by atoms with Gasteiger partial charge in [0.05, 0.1) is 14.2 Å². The molecule has 7 heteroatoms. The molecule has 0 spiro atoms. The summed E-state index contributed by atoms with van der Waals surface area (Å²) in [6.45, 7) is 1.78. The van der Waals surface area contributed by atoms with E-state index in [4.69, 9.17) is 9.47 Å². The minimum Gasteiger partial charge on any atom is -0.493 e. The molecule has 2 amide bonds. The van der Waals surface area contributed by atoms with Crippen LogP contribution in [0.1, 0.15) is 22.3 Å². The Bertz CT molecular complexity index is 826. The maximum Gasteiger partial charge on any atom is 0.251 e. The second-order valence-corrected chi connectivity index (χ2v) is 6.80. The Morgan fingerprint density at radius 2 is 1.93 bits per heavy atom. The number of amides is 2. The molecule has 1 atom stereocenters. The smallest absolute Gasteiger partial charge is 0.251 e. The van der Waals surface area contributed by atoms with Crippen molar-refractivity contribution in [2.45, 2.75) is 12.8 Å². The van der Waals surface area contributed by atoms with Gasteiger partial charge in [-0.25, -0.2) is 0 Å². The number of nitrogens with zero attached hydrogens (tertiary/aromatic N) is 2. The maximum atomic E-state index is 12.3. The van der Waals surface area contributed by atoms with Crippen LogP contribution >= 0.6 is 0 Å². The van der Waals surface area contributed by atoms with Gasteiger partial charge in [-0.2, -0.15) is 0 Å². The Balaban J connectivity index is 1.49. The van der Waals surface area contributed by atoms with E-state index in [1.54, 1.807) is 38.7 Å². The van der Waals surface area contributed by atoms with Crippen LogP contribution in [0.15, 0.2) is 42.7 Å². The highest BCUT2D eigenvalue weighted by Gasteiger charge is 2.29. The highest BCUT2D eigenvalue weighted by molar-refractivity contribution is 5.94. The standard InChI is InChI=1S/C21H25N3O4/c1-27-18-4-3-15(11-19(18)28-2)7-10-24-14-16(12-20(24)25)13-23-21(26)17-5-8-22-9-6-17/h3-6,8-9,11,16H,7,10,12-14H2,1-2H3,(H,23,26). The Labute approximate surface area is 164 Å². The molecule has 0 bridgehead atoms. The van der Waals surface area contributed by atoms with Gasteiger partial charge in [0.1, 0.15) is 0 Å². The molecule has 1 aromatic heterocycles. The lowest BCUT2D eigenvalue weighted by Crippen LogP contribution is -2.32. The van der Waals surface area contributed by atoms with Crippen molar-refractivity contribution in [1.82, 2.24) is 15.2 Å². The number of benzene rings is 1. The van der Waals surface area contributed by atoms with Gasteiger partial charge >= 0.3 is 0 Å². The number of ether oxygens (including phenoxy) is 2. The van der Waals surface area contributed by atoms with Crippen LogP contribution in [0.5, 0.6) is 11.5 Å². The summed E-state index contributed by atoms with van der Waals surface area (Å²) in [7, 11) is 3.21. The summed E-state index contributed by atoms with van der Waals surface area (Å²) in [5.41, 5.74) is 1.66. The molecule has 1 fully saturated rings. The number of methoxy groups -OCH3 is 2. The van der Waals surface area contributed by atoms with Crippen molar-refractivity contribution < 1.29 is 19.1 Å². The van der Waals surface area contributed by atoms with E-state index in [2.05, 4.69) is 10.3 Å². The lowest BCUT2D eigenvalue weighted by Gasteiger charge is -2.17. The fraction of sp³-hybridized carbons (Fsp3) is 0.381. The zero-order valence-electron chi connectivity index (χ0n) is 16.2. The average Bonchev–Trinajstić information content (AvgIpc) is 3.10. The minimum absolute atomic E-state index is 0.128. The third kappa shape index (κ3) is 4.79. The molecule has 1 aromatic carbocycles. The molecule has 1 aliphatic heterocycles. The van der Waals surface area contributed by atoms with Gasteiger partial charge in [0, 0.05) is 49.9 Å². The zero-order valence-corrected chi connectivity index (χ0v) is 16.2. The highest BCUT2D eigenvalue weighted by Crippen LogP contribution is 2.28. The first-order chi connectivity index (χ1) is 13.6. The first kappa shape index (κ1) is 19.7. The maximum absolute atomic E-state index is 12.3. The molecule has 1 unspecified atom stereocenters. The van der Waals surface area contributed by atoms with E-state index in [0.717, 1.165) is 12.0 Å². The summed E-state index contributed by atoms with van der Waals surface area (Å²) in [5, 5.41) is 2.91. The van der Waals surface area contributed by atoms with Crippen molar-refractivity contribution in [3.8, 4) is 11.5 Å². The van der Waals surface area contributed by atoms with Gasteiger partial charge in [-0.05, 0) is 36.2 Å². The quantitative estimate of drug-likeness (QED) is 0.753. The molecule has 2 heterocycles. The first-order valence-corrected chi connectivity index (χ1v) is 9.27. The summed E-state index contributed by atoms with van der Waals surface area (Å²) in [6.07, 6.45) is 4.37. The number of carbonyl (C=O) groups is 2. The topological polar surface area (TPSA) is 80.8 Å². The fourth-order valence-electron chi connectivity index (χ4n) is 3.35. The van der Waals surface area contributed by atoms with E-state index in [1.807, 2.05) is 23.1 Å². The molecule has 1 N–H and O–H groups in total. The van der Waals surface area contributed by atoms with Crippen LogP contribution in [0, 0.1) is 5.92 Å². The number of nitrogens with one attached hydrogen (secondary N) is 1. The second-order valence-electron chi connectivity index (χ2n) is 6.80. The minimum atomic E-state index is -0.140. The fourth-order valence-corrected chi connectivity index (χ4v) is 3.35. The van der Waals surface area contributed by atoms with Crippen LogP contribution in [0.2, 0.25) is 0 Å². The molecule has 0 radical (unpaired) electrons. The predicted molar refractivity (Wildman–Crippen MR) is 105 cm³/mol. The molecule has 1 saturated heterocycles. The number of hydrogen-bond donors (Lipinski definition) is 1. The van der Waals surface area contributed by atoms with Gasteiger partial charge in [0.2, 0.25) is 5.91 Å². The van der Waals surface area contributed by atoms with Crippen LogP contribution in [0.25, 0.3) is 0 Å². The summed E-state index contributed by atoms with van der Waals surface area (Å²) < 4.78 is 10.6. The highest BCUT2D eigenvalue weighted by atomic mass is 16.5. The second kappa shape index (κ2) is 9.21. The summed E-state index contributed by atoms with van der Waals surface area (Å²) in [4.78, 5) is 30.2. The van der Waals surface area contributed by atoms with E-state index < -0.39 is 0 Å². The zero-order chi connectivity index (χ0) is 19.9. The molecule has 0 saturated carbocycles. The van der Waals surface area contributed by atoms with Crippen molar-refractivity contribution in [2.75, 3.05) is 33.9 Å². The van der Waals surface area contributed by atoms with Gasteiger partial charge in [-0.1, -0.05) is 6.07 Å². The Kier molecular flexibility index (Phi) is 6.47. The lowest BCUT2D eigenvalue weighted by molar-refractivity contribution is -0.127. The third-order valence-corrected chi connectivity index (χ3v) is 4.91. The number of likely N-dealkylation sites (tertiary alicyclic amines) is 1. The van der Waals surface area contributed by atoms with Crippen molar-refractivity contribution >= 4 is 11.8 Å². The van der Waals surface area contributed by atoms with Gasteiger partial charge in [-0.3, -0.25) is 14.6 Å². The van der Waals surface area contributed by atoms with Crippen LogP contribution < -0.4 is 14.8 Å². The Morgan fingerprint density at radius 3 is 2.64 bits per heavy atom. The van der Waals surface area contributed by atoms with E-state index in [9.17, 15) is 9.59 Å². The first-order valence-electron chi connectivity index (χ1n) is 9.27. The summed E-state index contributed by atoms with van der Waals surface area (Å²) in [6, 6.07) is 9.13. The Morgan fingerprint density at radius 1 is 1.18 bits per heavy atom. The molecular formula is C21H25N3O4. The number of hydrogen-bond acceptors (Lipinski definition) is 5. The lowest BCUT2D eigenvalue weighted by atomic mass is 10.1. The predicted octanol–water partition coefficient (Wildman–Crippen LogP) is 1.92. The molecule has 0 aliphatic carbocycles. The van der Waals surface area contributed by atoms with Crippen molar-refractivity contribution in [3.05, 3.63) is 53.9 Å². The monoisotopic (exact) mass is 383 g/mol. The van der Waals surface area contributed by atoms with Gasteiger partial charge in [0.25, 0.3) is 5.91 Å². The summed E-state index contributed by atoms with van der Waals surface area (Å²) in [5.74, 6) is 1.49. The molecule has 148 valence electrons. The van der Waals surface area contributed by atoms with Gasteiger partial charge in [0.15, 0.2) is 11.5 Å². The van der Waals surface area contributed by atoms with Crippen LogP contribution in [-0.2, 0) is 11.2 Å². The van der Waals surface area contributed by atoms with E-state index >= 15 is 0 Å². The number of pyridine rings is 1. The van der Waals surface area contributed by atoms with E-state index in [1.165, 1.54) is 0 Å². The third-order valence-electron chi connectivity index (χ3n) is 4.91. The number of aromatic nitrogens is 1. The largest absolute Gasteiger partial charge is 0.493 e. The van der Waals surface area contributed by atoms with Gasteiger partial charge < -0.3 is 19.7 Å². The van der Waals surface area contributed by atoms with E-state index in [-0.39, 0.29) is 17.7 Å². The van der Waals surface area contributed by atoms with Gasteiger partial charge in [-0.15, -0.1) is 0 Å². The Hall–Kier alpha value is -3.09. The number of rotatable bonds is 8. The van der Waals surface area contributed by atoms with Crippen molar-refractivity contribution in [1.29, 1.82) is 0 Å². The van der Waals surface area contributed by atoms with Crippen LogP contribution in [-0.4, -0.2) is 55.6 Å².